The number of pyridine rings is 1. The highest BCUT2D eigenvalue weighted by atomic mass is 16.6. The Morgan fingerprint density at radius 1 is 1.26 bits per heavy atom. The fourth-order valence-corrected chi connectivity index (χ4v) is 3.93. The van der Waals surface area contributed by atoms with Crippen LogP contribution in [0.1, 0.15) is 62.8 Å². The molecule has 0 saturated carbocycles. The maximum Gasteiger partial charge on any atom is 0.414 e. The van der Waals surface area contributed by atoms with Crippen molar-refractivity contribution in [3.05, 3.63) is 53.0 Å². The van der Waals surface area contributed by atoms with Crippen LogP contribution < -0.4 is 10.6 Å². The van der Waals surface area contributed by atoms with Crippen LogP contribution in [-0.4, -0.2) is 28.6 Å². The highest BCUT2D eigenvalue weighted by Crippen LogP contribution is 2.29. The van der Waals surface area contributed by atoms with Crippen LogP contribution in [0.5, 0.6) is 0 Å². The minimum absolute atomic E-state index is 0.0567. The number of carbonyl (C=O) groups is 3. The average molecular weight is 465 g/mol. The van der Waals surface area contributed by atoms with Gasteiger partial charge < -0.3 is 9.57 Å². The summed E-state index contributed by atoms with van der Waals surface area (Å²) >= 11 is 0. The summed E-state index contributed by atoms with van der Waals surface area (Å²) in [5.74, 6) is -0.667. The second-order valence-corrected chi connectivity index (χ2v) is 9.55. The van der Waals surface area contributed by atoms with E-state index in [1.807, 2.05) is 52.0 Å². The van der Waals surface area contributed by atoms with E-state index in [-0.39, 0.29) is 35.6 Å². The molecule has 3 heterocycles. The summed E-state index contributed by atoms with van der Waals surface area (Å²) < 4.78 is 5.32. The highest BCUT2D eigenvalue weighted by molar-refractivity contribution is 6.01. The molecule has 34 heavy (non-hydrogen) atoms. The predicted molar refractivity (Wildman–Crippen MR) is 126 cm³/mol. The number of allylic oxidation sites excluding steroid dienone is 1. The molecule has 4 rings (SSSR count). The Morgan fingerprint density at radius 2 is 2.06 bits per heavy atom. The zero-order valence-corrected chi connectivity index (χ0v) is 19.7. The van der Waals surface area contributed by atoms with E-state index in [4.69, 9.17) is 9.57 Å². The van der Waals surface area contributed by atoms with Crippen molar-refractivity contribution in [1.29, 1.82) is 0 Å². The van der Waals surface area contributed by atoms with Crippen molar-refractivity contribution < 1.29 is 24.0 Å². The lowest BCUT2D eigenvalue weighted by atomic mass is 9.88. The third kappa shape index (κ3) is 5.24. The Labute approximate surface area is 197 Å². The first-order valence-corrected chi connectivity index (χ1v) is 11.2. The summed E-state index contributed by atoms with van der Waals surface area (Å²) in [6.07, 6.45) is 2.51. The maximum atomic E-state index is 12.3. The van der Waals surface area contributed by atoms with Gasteiger partial charge in [0.2, 0.25) is 17.7 Å². The van der Waals surface area contributed by atoms with E-state index < -0.39 is 6.09 Å². The van der Waals surface area contributed by atoms with E-state index >= 15 is 0 Å². The number of ether oxygens (including phenoxy) is 1. The van der Waals surface area contributed by atoms with Crippen LogP contribution in [0.25, 0.3) is 10.9 Å². The molecule has 1 aromatic heterocycles. The van der Waals surface area contributed by atoms with Gasteiger partial charge in [-0.2, -0.15) is 0 Å². The summed E-state index contributed by atoms with van der Waals surface area (Å²) in [6.45, 7) is 8.05. The first-order valence-electron chi connectivity index (χ1n) is 11.2. The molecule has 3 amide bonds. The fraction of sp³-hybridized carbons (Fsp3) is 0.400. The molecule has 2 aliphatic rings. The van der Waals surface area contributed by atoms with Crippen LogP contribution in [0.3, 0.4) is 0 Å². The Hall–Kier alpha value is -3.75. The molecule has 2 aliphatic heterocycles. The number of piperidine rings is 1. The third-order valence-corrected chi connectivity index (χ3v) is 5.92. The van der Waals surface area contributed by atoms with Crippen molar-refractivity contribution in [2.45, 2.75) is 59.5 Å². The molecule has 1 unspecified atom stereocenters. The minimum Gasteiger partial charge on any atom is -0.444 e. The smallest absolute Gasteiger partial charge is 0.414 e. The number of aryl methyl sites for hydroxylation is 1. The van der Waals surface area contributed by atoms with Gasteiger partial charge in [-0.15, -0.1) is 0 Å². The Morgan fingerprint density at radius 3 is 2.74 bits per heavy atom. The number of oxime groups is 1. The van der Waals surface area contributed by atoms with Crippen LogP contribution in [0.2, 0.25) is 0 Å². The number of hydrogen-bond acceptors (Lipinski definition) is 7. The zero-order chi connectivity index (χ0) is 24.5. The molecule has 2 N–H and O–H groups in total. The number of rotatable bonds is 4. The van der Waals surface area contributed by atoms with Crippen molar-refractivity contribution in [3.63, 3.8) is 0 Å². The summed E-state index contributed by atoms with van der Waals surface area (Å²) in [4.78, 5) is 45.8. The van der Waals surface area contributed by atoms with Gasteiger partial charge in [0, 0.05) is 29.3 Å². The average Bonchev–Trinajstić information content (AvgIpc) is 2.77. The monoisotopic (exact) mass is 464 g/mol. The number of nitrogens with zero attached hydrogens (tertiary/aromatic N) is 2. The van der Waals surface area contributed by atoms with Crippen molar-refractivity contribution in [2.75, 3.05) is 0 Å². The van der Waals surface area contributed by atoms with Crippen molar-refractivity contribution >= 4 is 34.5 Å². The number of nitrogens with one attached hydrogen (secondary N) is 2. The number of alkyl carbamates (subject to hydrolysis) is 1. The van der Waals surface area contributed by atoms with Gasteiger partial charge in [-0.05, 0) is 42.7 Å². The Kier molecular flexibility index (Phi) is 6.37. The van der Waals surface area contributed by atoms with Crippen LogP contribution in [0, 0.1) is 12.3 Å². The lowest BCUT2D eigenvalue weighted by Gasteiger charge is -2.23. The van der Waals surface area contributed by atoms with Gasteiger partial charge in [0.25, 0.3) is 0 Å². The normalized spacial score (nSPS) is 18.5. The van der Waals surface area contributed by atoms with Crippen molar-refractivity contribution in [1.82, 2.24) is 15.6 Å². The highest BCUT2D eigenvalue weighted by Gasteiger charge is 2.29. The van der Waals surface area contributed by atoms with Gasteiger partial charge >= 0.3 is 6.09 Å². The van der Waals surface area contributed by atoms with Gasteiger partial charge in [-0.25, -0.2) is 4.79 Å². The van der Waals surface area contributed by atoms with Crippen LogP contribution in [-0.2, 0) is 25.8 Å². The van der Waals surface area contributed by atoms with Gasteiger partial charge in [-0.1, -0.05) is 38.1 Å². The number of amides is 3. The lowest BCUT2D eigenvalue weighted by Crippen LogP contribution is -2.39. The summed E-state index contributed by atoms with van der Waals surface area (Å²) in [6, 6.07) is 7.51. The summed E-state index contributed by atoms with van der Waals surface area (Å²) in [5.41, 5.74) is 3.85. The Bertz CT molecular complexity index is 1230. The molecule has 2 aromatic rings. The molecule has 1 saturated heterocycles. The van der Waals surface area contributed by atoms with Crippen molar-refractivity contribution in [2.24, 2.45) is 10.6 Å². The third-order valence-electron chi connectivity index (χ3n) is 5.92. The largest absolute Gasteiger partial charge is 0.444 e. The summed E-state index contributed by atoms with van der Waals surface area (Å²) in [5, 5.41) is 9.89. The number of imide groups is 1. The first kappa shape index (κ1) is 23.4. The van der Waals surface area contributed by atoms with E-state index in [9.17, 15) is 14.4 Å². The van der Waals surface area contributed by atoms with Gasteiger partial charge in [-0.3, -0.25) is 25.2 Å². The molecule has 1 atom stereocenters. The van der Waals surface area contributed by atoms with Gasteiger partial charge in [0.1, 0.15) is 6.61 Å². The molecule has 1 aromatic carbocycles. The molecule has 0 spiro atoms. The second-order valence-electron chi connectivity index (χ2n) is 9.55. The molecule has 9 heteroatoms. The zero-order valence-electron chi connectivity index (χ0n) is 19.7. The molecule has 0 bridgehead atoms. The van der Waals surface area contributed by atoms with Crippen molar-refractivity contribution in [3.8, 4) is 0 Å². The fourth-order valence-electron chi connectivity index (χ4n) is 3.93. The van der Waals surface area contributed by atoms with Crippen LogP contribution >= 0.6 is 0 Å². The number of hydrogen-bond donors (Lipinski definition) is 2. The van der Waals surface area contributed by atoms with E-state index in [1.54, 1.807) is 6.08 Å². The molecule has 178 valence electrons. The number of benzene rings is 1. The predicted octanol–water partition coefficient (Wildman–Crippen LogP) is 3.95. The van der Waals surface area contributed by atoms with Crippen LogP contribution in [0.4, 0.5) is 4.79 Å². The SMILES string of the molecule is Cc1nc2cc(COC(=O)NC3=CCC(C(C)(C)C)=NO3)ccc2cc1C1CCC(=O)NC1=O. The summed E-state index contributed by atoms with van der Waals surface area (Å²) in [7, 11) is 0. The molecule has 1 fully saturated rings. The molecule has 0 radical (unpaired) electrons. The van der Waals surface area contributed by atoms with E-state index in [0.717, 1.165) is 33.4 Å². The quantitative estimate of drug-likeness (QED) is 0.661. The minimum atomic E-state index is -0.641. The maximum absolute atomic E-state index is 12.3. The molecular formula is C25H28N4O5. The topological polar surface area (TPSA) is 119 Å². The number of carbonyl (C=O) groups excluding carboxylic acids is 3. The molecule has 0 aliphatic carbocycles. The van der Waals surface area contributed by atoms with E-state index in [1.165, 1.54) is 0 Å². The standard InChI is InChI=1S/C25H28N4O5/c1-14-18(17-7-9-21(30)27-23(17)31)12-16-6-5-15(11-19(16)26-14)13-33-24(32)28-22-10-8-20(29-34-22)25(2,3)4/h5-6,10-12,17H,7-9,13H2,1-4H3,(H,28,32)(H,27,30,31). The first-order chi connectivity index (χ1) is 16.1. The van der Waals surface area contributed by atoms with Gasteiger partial charge in [0.05, 0.1) is 17.1 Å². The molecule has 9 nitrogen and oxygen atoms in total. The lowest BCUT2D eigenvalue weighted by molar-refractivity contribution is -0.134. The molecular weight excluding hydrogens is 436 g/mol. The number of aromatic nitrogens is 1. The van der Waals surface area contributed by atoms with E-state index in [0.29, 0.717) is 19.3 Å². The number of fused-ring (bicyclic) bond motifs is 1. The Balaban J connectivity index is 1.38. The van der Waals surface area contributed by atoms with Gasteiger partial charge in [0.15, 0.2) is 0 Å². The second kappa shape index (κ2) is 9.24. The van der Waals surface area contributed by atoms with Crippen LogP contribution in [0.15, 0.2) is 41.4 Å². The van der Waals surface area contributed by atoms with E-state index in [2.05, 4.69) is 20.8 Å².